The summed E-state index contributed by atoms with van der Waals surface area (Å²) < 4.78 is 5.15. The number of nitrogens with zero attached hydrogens (tertiary/aromatic N) is 1. The van der Waals surface area contributed by atoms with Crippen molar-refractivity contribution in [2.45, 2.75) is 11.3 Å². The number of nitro groups is 1. The number of ether oxygens (including phenoxy) is 1. The molecule has 0 bridgehead atoms. The van der Waals surface area contributed by atoms with Crippen LogP contribution < -0.4 is 4.74 Å². The van der Waals surface area contributed by atoms with Crippen molar-refractivity contribution in [2.24, 2.45) is 0 Å². The van der Waals surface area contributed by atoms with Gasteiger partial charge < -0.3 is 0 Å². The molecule has 80 valence electrons. The van der Waals surface area contributed by atoms with E-state index < -0.39 is 11.0 Å². The van der Waals surface area contributed by atoms with Crippen LogP contribution in [0.4, 0.5) is 5.69 Å². The number of hydrogen-bond acceptors (Lipinski definition) is 4. The Balaban J connectivity index is 2.72. The van der Waals surface area contributed by atoms with Gasteiger partial charge in [-0.15, -0.1) is 0 Å². The average molecular weight is 271 g/mol. The summed E-state index contributed by atoms with van der Waals surface area (Å²) >= 11 is 2.23. The third-order valence-corrected chi connectivity index (χ3v) is 2.59. The van der Waals surface area contributed by atoms with Gasteiger partial charge in [0, 0.05) is 0 Å². The molecule has 1 aromatic rings. The normalized spacial score (nSPS) is 12.1. The molecule has 0 saturated carbocycles. The molecule has 0 aliphatic carbocycles. The van der Waals surface area contributed by atoms with Crippen LogP contribution in [0, 0.1) is 10.1 Å². The number of benzene rings is 1. The molecule has 0 fully saturated rings. The topological polar surface area (TPSA) is 72.6 Å². The third-order valence-electron chi connectivity index (χ3n) is 1.70. The van der Waals surface area contributed by atoms with Gasteiger partial charge >= 0.3 is 95.4 Å². The molecule has 6 heteroatoms. The van der Waals surface area contributed by atoms with E-state index in [2.05, 4.69) is 16.9 Å². The van der Waals surface area contributed by atoms with Crippen molar-refractivity contribution in [1.82, 2.24) is 0 Å². The van der Waals surface area contributed by atoms with Crippen molar-refractivity contribution < 1.29 is 14.8 Å². The van der Waals surface area contributed by atoms with Gasteiger partial charge in [-0.2, -0.15) is 0 Å². The van der Waals surface area contributed by atoms with Crippen LogP contribution in [0.5, 0.6) is 5.75 Å². The quantitative estimate of drug-likeness (QED) is 0.491. The first-order valence-corrected chi connectivity index (χ1v) is 5.63. The molecule has 0 aliphatic rings. The van der Waals surface area contributed by atoms with Crippen LogP contribution in [-0.2, 0) is 0 Å². The molecule has 1 rings (SSSR count). The SMILES string of the molecule is O=[N+]([O-])c1ccccc1OCC(O)C[As]. The van der Waals surface area contributed by atoms with E-state index in [4.69, 9.17) is 4.74 Å². The summed E-state index contributed by atoms with van der Waals surface area (Å²) in [5, 5.41) is 20.3. The summed E-state index contributed by atoms with van der Waals surface area (Å²) in [6.07, 6.45) is -0.621. The second kappa shape index (κ2) is 5.73. The molecular formula is C9H10AsNO4. The van der Waals surface area contributed by atoms with Crippen LogP contribution in [-0.4, -0.2) is 39.6 Å². The zero-order valence-electron chi connectivity index (χ0n) is 7.87. The molecule has 5 nitrogen and oxygen atoms in total. The van der Waals surface area contributed by atoms with Crippen LogP contribution in [0.3, 0.4) is 0 Å². The number of para-hydroxylation sites is 2. The fourth-order valence-corrected chi connectivity index (χ4v) is 1.19. The number of nitro benzene ring substituents is 1. The predicted molar refractivity (Wildman–Crippen MR) is 55.2 cm³/mol. The van der Waals surface area contributed by atoms with Gasteiger partial charge in [-0.05, 0) is 0 Å². The first kappa shape index (κ1) is 12.0. The Kier molecular flexibility index (Phi) is 4.59. The van der Waals surface area contributed by atoms with Gasteiger partial charge in [0.25, 0.3) is 0 Å². The standard InChI is InChI=1S/C9H10AsNO4/c10-5-7(12)6-15-9-4-2-1-3-8(9)11(13)14/h1-4,7,12H,5-6H2. The summed E-state index contributed by atoms with van der Waals surface area (Å²) in [5.74, 6) is 0.183. The summed E-state index contributed by atoms with van der Waals surface area (Å²) in [6.45, 7) is 0.0552. The molecule has 1 aromatic carbocycles. The molecule has 0 aliphatic heterocycles. The molecule has 0 heterocycles. The summed E-state index contributed by atoms with van der Waals surface area (Å²) in [7, 11) is 0. The summed E-state index contributed by atoms with van der Waals surface area (Å²) in [5.41, 5.74) is -0.0877. The Bertz CT molecular complexity index is 345. The molecule has 0 saturated heterocycles. The fourth-order valence-electron chi connectivity index (χ4n) is 0.969. The second-order valence-electron chi connectivity index (χ2n) is 2.87. The number of aliphatic hydroxyl groups excluding tert-OH is 1. The monoisotopic (exact) mass is 271 g/mol. The molecule has 1 N–H and O–H groups in total. The predicted octanol–water partition coefficient (Wildman–Crippen LogP) is 0.921. The van der Waals surface area contributed by atoms with E-state index in [9.17, 15) is 15.2 Å². The minimum atomic E-state index is -0.621. The van der Waals surface area contributed by atoms with Gasteiger partial charge in [0.05, 0.1) is 0 Å². The van der Waals surface area contributed by atoms with E-state index in [1.165, 1.54) is 12.1 Å². The zero-order chi connectivity index (χ0) is 11.3. The van der Waals surface area contributed by atoms with Gasteiger partial charge in [0.15, 0.2) is 0 Å². The fraction of sp³-hybridized carbons (Fsp3) is 0.333. The number of rotatable bonds is 5. The molecule has 1 atom stereocenters. The van der Waals surface area contributed by atoms with Gasteiger partial charge in [-0.3, -0.25) is 0 Å². The number of aliphatic hydroxyl groups is 1. The molecule has 1 unspecified atom stereocenters. The van der Waals surface area contributed by atoms with Crippen molar-refractivity contribution in [3.05, 3.63) is 34.4 Å². The minimum absolute atomic E-state index is 0.0552. The zero-order valence-corrected chi connectivity index (χ0v) is 9.74. The van der Waals surface area contributed by atoms with Gasteiger partial charge in [-0.1, -0.05) is 0 Å². The van der Waals surface area contributed by atoms with E-state index >= 15 is 0 Å². The first-order chi connectivity index (χ1) is 7.15. The Morgan fingerprint density at radius 1 is 1.53 bits per heavy atom. The van der Waals surface area contributed by atoms with Gasteiger partial charge in [-0.25, -0.2) is 0 Å². The molecular weight excluding hydrogens is 261 g/mol. The van der Waals surface area contributed by atoms with Crippen LogP contribution in [0.2, 0.25) is 5.21 Å². The Labute approximate surface area is 95.7 Å². The molecule has 0 spiro atoms. The van der Waals surface area contributed by atoms with E-state index in [1.54, 1.807) is 12.1 Å². The van der Waals surface area contributed by atoms with Crippen LogP contribution in [0.25, 0.3) is 0 Å². The third kappa shape index (κ3) is 3.53. The maximum atomic E-state index is 10.6. The van der Waals surface area contributed by atoms with Crippen LogP contribution in [0.1, 0.15) is 0 Å². The van der Waals surface area contributed by atoms with Crippen molar-refractivity contribution in [2.75, 3.05) is 6.61 Å². The van der Waals surface area contributed by atoms with Crippen molar-refractivity contribution >= 4 is 22.5 Å². The van der Waals surface area contributed by atoms with Crippen molar-refractivity contribution in [3.63, 3.8) is 0 Å². The molecule has 0 amide bonds. The Hall–Kier alpha value is -1.06. The van der Waals surface area contributed by atoms with E-state index in [-0.39, 0.29) is 18.0 Å². The van der Waals surface area contributed by atoms with Gasteiger partial charge in [0.2, 0.25) is 0 Å². The summed E-state index contributed by atoms with van der Waals surface area (Å²) in [4.78, 5) is 10.1. The van der Waals surface area contributed by atoms with Gasteiger partial charge in [0.1, 0.15) is 0 Å². The average Bonchev–Trinajstić information content (AvgIpc) is 2.26. The molecule has 2 radical (unpaired) electrons. The maximum absolute atomic E-state index is 10.6. The molecule has 0 aromatic heterocycles. The first-order valence-electron chi connectivity index (χ1n) is 4.30. The van der Waals surface area contributed by atoms with E-state index in [0.29, 0.717) is 5.21 Å². The Morgan fingerprint density at radius 3 is 2.80 bits per heavy atom. The number of hydrogen-bond donors (Lipinski definition) is 1. The molecule has 15 heavy (non-hydrogen) atoms. The summed E-state index contributed by atoms with van der Waals surface area (Å²) in [6, 6.07) is 6.09. The van der Waals surface area contributed by atoms with Crippen molar-refractivity contribution in [1.29, 1.82) is 0 Å². The van der Waals surface area contributed by atoms with Crippen LogP contribution in [0.15, 0.2) is 24.3 Å². The van der Waals surface area contributed by atoms with E-state index in [0.717, 1.165) is 0 Å². The van der Waals surface area contributed by atoms with Crippen LogP contribution >= 0.6 is 0 Å². The van der Waals surface area contributed by atoms with Crippen molar-refractivity contribution in [3.8, 4) is 5.75 Å². The Morgan fingerprint density at radius 2 is 2.20 bits per heavy atom. The second-order valence-corrected chi connectivity index (χ2v) is 3.64. The van der Waals surface area contributed by atoms with E-state index in [1.807, 2.05) is 0 Å².